The van der Waals surface area contributed by atoms with Gasteiger partial charge in [0, 0.05) is 32.1 Å². The molecule has 3 atom stereocenters. The molecule has 3 aliphatic carbocycles. The Morgan fingerprint density at radius 1 is 0.963 bits per heavy atom. The Bertz CT molecular complexity index is 858. The second kappa shape index (κ2) is 6.59. The average Bonchev–Trinajstić information content (AvgIpc) is 3.43. The third-order valence-electron chi connectivity index (χ3n) is 7.31. The number of nitrogens with zero attached hydrogens (tertiary/aromatic N) is 2. The van der Waals surface area contributed by atoms with Crippen molar-refractivity contribution in [2.75, 3.05) is 26.2 Å². The van der Waals surface area contributed by atoms with E-state index in [9.17, 15) is 13.2 Å². The Hall–Kier alpha value is -1.40. The van der Waals surface area contributed by atoms with Crippen LogP contribution in [0.5, 0.6) is 0 Å². The molecule has 4 aliphatic rings. The monoisotopic (exact) mass is 388 g/mol. The van der Waals surface area contributed by atoms with E-state index in [1.807, 2.05) is 17.0 Å². The second-order valence-electron chi connectivity index (χ2n) is 8.79. The summed E-state index contributed by atoms with van der Waals surface area (Å²) >= 11 is 0. The van der Waals surface area contributed by atoms with Gasteiger partial charge in [0.25, 0.3) is 0 Å². The molecule has 27 heavy (non-hydrogen) atoms. The fourth-order valence-corrected chi connectivity index (χ4v) is 7.26. The van der Waals surface area contributed by atoms with Gasteiger partial charge in [-0.1, -0.05) is 12.5 Å². The molecule has 2 saturated carbocycles. The zero-order valence-corrected chi connectivity index (χ0v) is 16.6. The number of hydrogen-bond acceptors (Lipinski definition) is 3. The van der Waals surface area contributed by atoms with Crippen molar-refractivity contribution in [3.63, 3.8) is 0 Å². The highest BCUT2D eigenvalue weighted by Crippen LogP contribution is 2.49. The maximum Gasteiger partial charge on any atom is 0.243 e. The zero-order valence-electron chi connectivity index (χ0n) is 15.8. The summed E-state index contributed by atoms with van der Waals surface area (Å²) in [5.74, 6) is 1.81. The van der Waals surface area contributed by atoms with E-state index >= 15 is 0 Å². The van der Waals surface area contributed by atoms with Gasteiger partial charge in [-0.3, -0.25) is 4.79 Å². The summed E-state index contributed by atoms with van der Waals surface area (Å²) < 4.78 is 27.7. The van der Waals surface area contributed by atoms with Gasteiger partial charge < -0.3 is 4.90 Å². The van der Waals surface area contributed by atoms with E-state index in [0.717, 1.165) is 31.6 Å². The van der Waals surface area contributed by atoms with Crippen molar-refractivity contribution in [2.45, 2.75) is 49.8 Å². The number of rotatable bonds is 3. The fourth-order valence-electron chi connectivity index (χ4n) is 5.79. The second-order valence-corrected chi connectivity index (χ2v) is 10.7. The van der Waals surface area contributed by atoms with Gasteiger partial charge in [0.1, 0.15) is 0 Å². The van der Waals surface area contributed by atoms with Crippen LogP contribution in [0.3, 0.4) is 0 Å². The molecule has 1 amide bonds. The summed E-state index contributed by atoms with van der Waals surface area (Å²) in [6, 6.07) is 5.60. The lowest BCUT2D eigenvalue weighted by Crippen LogP contribution is -2.52. The van der Waals surface area contributed by atoms with Crippen molar-refractivity contribution in [1.82, 2.24) is 9.21 Å². The number of sulfonamides is 1. The molecule has 0 spiro atoms. The molecule has 3 fully saturated rings. The number of aryl methyl sites for hydroxylation is 2. The van der Waals surface area contributed by atoms with Crippen LogP contribution in [0, 0.1) is 17.8 Å². The molecule has 6 heteroatoms. The maximum atomic E-state index is 13.0. The van der Waals surface area contributed by atoms with Crippen molar-refractivity contribution < 1.29 is 13.2 Å². The molecule has 0 N–H and O–H groups in total. The summed E-state index contributed by atoms with van der Waals surface area (Å²) in [6.45, 7) is 1.87. The SMILES string of the molecule is O=C([C@@H]1C[C@H]2CC[C@H]1C2)N1CCN(S(=O)(=O)c2ccc3c(c2)CCC3)CC1. The van der Waals surface area contributed by atoms with E-state index in [1.165, 1.54) is 30.4 Å². The molecule has 0 radical (unpaired) electrons. The molecule has 0 unspecified atom stereocenters. The van der Waals surface area contributed by atoms with E-state index < -0.39 is 10.0 Å². The Kier molecular flexibility index (Phi) is 4.32. The highest BCUT2D eigenvalue weighted by molar-refractivity contribution is 7.89. The standard InChI is InChI=1S/C21H28N2O3S/c24-21(20-13-15-4-5-18(20)12-15)22-8-10-23(11-9-22)27(25,26)19-7-6-16-2-1-3-17(16)14-19/h6-7,14-15,18,20H,1-5,8-13H2/t15-,18-,20+/m0/s1. The summed E-state index contributed by atoms with van der Waals surface area (Å²) in [5, 5.41) is 0. The van der Waals surface area contributed by atoms with E-state index in [1.54, 1.807) is 10.4 Å². The minimum atomic E-state index is -3.46. The molecule has 2 bridgehead atoms. The number of carbonyl (C=O) groups is 1. The van der Waals surface area contributed by atoms with Gasteiger partial charge in [0.05, 0.1) is 4.90 Å². The van der Waals surface area contributed by atoms with Crippen LogP contribution in [0.15, 0.2) is 23.1 Å². The largest absolute Gasteiger partial charge is 0.340 e. The van der Waals surface area contributed by atoms with Crippen LogP contribution in [-0.2, 0) is 27.7 Å². The molecule has 1 heterocycles. The van der Waals surface area contributed by atoms with Crippen LogP contribution in [0.2, 0.25) is 0 Å². The van der Waals surface area contributed by atoms with Crippen molar-refractivity contribution >= 4 is 15.9 Å². The van der Waals surface area contributed by atoms with Gasteiger partial charge >= 0.3 is 0 Å². The minimum Gasteiger partial charge on any atom is -0.340 e. The van der Waals surface area contributed by atoms with Gasteiger partial charge in [0.2, 0.25) is 15.9 Å². The smallest absolute Gasteiger partial charge is 0.243 e. The third-order valence-corrected chi connectivity index (χ3v) is 9.21. The van der Waals surface area contributed by atoms with E-state index in [-0.39, 0.29) is 11.8 Å². The van der Waals surface area contributed by atoms with Crippen molar-refractivity contribution in [1.29, 1.82) is 0 Å². The normalized spacial score (nSPS) is 30.7. The molecular weight excluding hydrogens is 360 g/mol. The van der Waals surface area contributed by atoms with Gasteiger partial charge in [0.15, 0.2) is 0 Å². The van der Waals surface area contributed by atoms with Crippen molar-refractivity contribution in [2.24, 2.45) is 17.8 Å². The van der Waals surface area contributed by atoms with Gasteiger partial charge in [-0.05, 0) is 73.6 Å². The van der Waals surface area contributed by atoms with Crippen LogP contribution >= 0.6 is 0 Å². The number of carbonyl (C=O) groups excluding carboxylic acids is 1. The average molecular weight is 389 g/mol. The Morgan fingerprint density at radius 3 is 2.44 bits per heavy atom. The lowest BCUT2D eigenvalue weighted by atomic mass is 9.87. The summed E-state index contributed by atoms with van der Waals surface area (Å²) in [7, 11) is -3.46. The Labute approximate surface area is 161 Å². The van der Waals surface area contributed by atoms with Crippen molar-refractivity contribution in [3.8, 4) is 0 Å². The van der Waals surface area contributed by atoms with E-state index in [2.05, 4.69) is 0 Å². The highest BCUT2D eigenvalue weighted by atomic mass is 32.2. The summed E-state index contributed by atoms with van der Waals surface area (Å²) in [5.41, 5.74) is 2.47. The van der Waals surface area contributed by atoms with E-state index in [4.69, 9.17) is 0 Å². The molecule has 1 aromatic carbocycles. The maximum absolute atomic E-state index is 13.0. The first kappa shape index (κ1) is 17.7. The molecule has 5 rings (SSSR count). The quantitative estimate of drug-likeness (QED) is 0.799. The van der Waals surface area contributed by atoms with Crippen LogP contribution < -0.4 is 0 Å². The van der Waals surface area contributed by atoms with Crippen LogP contribution in [-0.4, -0.2) is 49.7 Å². The topological polar surface area (TPSA) is 57.7 Å². The number of fused-ring (bicyclic) bond motifs is 3. The predicted octanol–water partition coefficient (Wildman–Crippen LogP) is 2.44. The van der Waals surface area contributed by atoms with Gasteiger partial charge in [-0.15, -0.1) is 0 Å². The first-order chi connectivity index (χ1) is 13.0. The Balaban J connectivity index is 1.25. The predicted molar refractivity (Wildman–Crippen MR) is 103 cm³/mol. The first-order valence-corrected chi connectivity index (χ1v) is 11.9. The first-order valence-electron chi connectivity index (χ1n) is 10.4. The number of piperazine rings is 1. The highest BCUT2D eigenvalue weighted by Gasteiger charge is 2.45. The third kappa shape index (κ3) is 3.01. The summed E-state index contributed by atoms with van der Waals surface area (Å²) in [4.78, 5) is 15.2. The lowest BCUT2D eigenvalue weighted by Gasteiger charge is -2.36. The van der Waals surface area contributed by atoms with E-state index in [0.29, 0.717) is 37.0 Å². The van der Waals surface area contributed by atoms with Crippen LogP contribution in [0.25, 0.3) is 0 Å². The summed E-state index contributed by atoms with van der Waals surface area (Å²) in [6.07, 6.45) is 7.92. The lowest BCUT2D eigenvalue weighted by molar-refractivity contribution is -0.138. The number of hydrogen-bond donors (Lipinski definition) is 0. The van der Waals surface area contributed by atoms with Gasteiger partial charge in [-0.2, -0.15) is 4.31 Å². The molecule has 0 aromatic heterocycles. The molecule has 1 saturated heterocycles. The van der Waals surface area contributed by atoms with Crippen LogP contribution in [0.4, 0.5) is 0 Å². The number of amides is 1. The molecular formula is C21H28N2O3S. The fraction of sp³-hybridized carbons (Fsp3) is 0.667. The molecule has 1 aliphatic heterocycles. The van der Waals surface area contributed by atoms with Crippen LogP contribution in [0.1, 0.15) is 43.2 Å². The minimum absolute atomic E-state index is 0.198. The number of benzene rings is 1. The molecule has 1 aromatic rings. The zero-order chi connectivity index (χ0) is 18.6. The molecule has 146 valence electrons. The Morgan fingerprint density at radius 2 is 1.74 bits per heavy atom. The van der Waals surface area contributed by atoms with Gasteiger partial charge in [-0.25, -0.2) is 8.42 Å². The molecule has 5 nitrogen and oxygen atoms in total. The van der Waals surface area contributed by atoms with Crippen molar-refractivity contribution in [3.05, 3.63) is 29.3 Å².